The Kier molecular flexibility index (Phi) is 18.3. The SMILES string of the molecule is c1ccc(-c2ccc(N(c3ccc(N(c4ccccc4)c4ccccc4)cc3)c3cc(N(c4ccc(-c5ccccc5)cc4)c4ccc(N(c5ccccc5)c5ccccc5)cc4)cc(N(c4ccc(-c5ccccc5)cc4)c4ccc(N(c5ccccc5)c5ccccc5)cc4)c3)cc2)cc1. The van der Waals surface area contributed by atoms with Crippen LogP contribution in [0.5, 0.6) is 0 Å². The van der Waals surface area contributed by atoms with E-state index < -0.39 is 0 Å². The van der Waals surface area contributed by atoms with Crippen LogP contribution in [0.25, 0.3) is 33.4 Å². The smallest absolute Gasteiger partial charge is 0.0503 e. The van der Waals surface area contributed by atoms with Gasteiger partial charge in [0.05, 0.1) is 17.1 Å². The van der Waals surface area contributed by atoms with Crippen molar-refractivity contribution in [2.75, 3.05) is 29.4 Å². The number of benzene rings is 16. The number of nitrogens with zero attached hydrogens (tertiary/aromatic N) is 6. The van der Waals surface area contributed by atoms with E-state index in [2.05, 4.69) is 466 Å². The zero-order valence-electron chi connectivity index (χ0n) is 56.3. The number of hydrogen-bond acceptors (Lipinski definition) is 6. The molecule has 0 N–H and O–H groups in total. The molecule has 0 fully saturated rings. The van der Waals surface area contributed by atoms with Crippen molar-refractivity contribution in [2.24, 2.45) is 0 Å². The summed E-state index contributed by atoms with van der Waals surface area (Å²) in [6.45, 7) is 0. The highest BCUT2D eigenvalue weighted by molar-refractivity contribution is 5.92. The molecule has 0 atom stereocenters. The lowest BCUT2D eigenvalue weighted by molar-refractivity contribution is 1.21. The summed E-state index contributed by atoms with van der Waals surface area (Å²) in [6.07, 6.45) is 0. The summed E-state index contributed by atoms with van der Waals surface area (Å²) in [6, 6.07) is 157. The monoisotopic (exact) mass is 1310 g/mol. The molecule has 0 heterocycles. The molecule has 0 unspecified atom stereocenters. The predicted molar refractivity (Wildman–Crippen MR) is 431 cm³/mol. The van der Waals surface area contributed by atoms with Crippen LogP contribution in [-0.2, 0) is 0 Å². The highest BCUT2D eigenvalue weighted by Crippen LogP contribution is 2.49. The Balaban J connectivity index is 0.934. The summed E-state index contributed by atoms with van der Waals surface area (Å²) in [5.74, 6) is 0. The van der Waals surface area contributed by atoms with Crippen molar-refractivity contribution in [1.29, 1.82) is 0 Å². The fourth-order valence-corrected chi connectivity index (χ4v) is 13.7. The topological polar surface area (TPSA) is 19.4 Å². The maximum Gasteiger partial charge on any atom is 0.0503 e. The van der Waals surface area contributed by atoms with E-state index in [1.54, 1.807) is 0 Å². The van der Waals surface area contributed by atoms with Crippen LogP contribution < -0.4 is 29.4 Å². The molecule has 0 radical (unpaired) electrons. The molecule has 102 heavy (non-hydrogen) atoms. The molecular formula is C96H72N6. The third-order valence-corrected chi connectivity index (χ3v) is 18.5. The van der Waals surface area contributed by atoms with E-state index in [0.717, 1.165) is 136 Å². The molecule has 0 bridgehead atoms. The quantitative estimate of drug-likeness (QED) is 0.0709. The Morgan fingerprint density at radius 2 is 0.196 bits per heavy atom. The van der Waals surface area contributed by atoms with Crippen molar-refractivity contribution < 1.29 is 0 Å². The highest BCUT2D eigenvalue weighted by atomic mass is 15.2. The molecule has 16 aromatic carbocycles. The van der Waals surface area contributed by atoms with E-state index in [0.29, 0.717) is 0 Å². The molecule has 0 aliphatic rings. The van der Waals surface area contributed by atoms with Gasteiger partial charge in [-0.25, -0.2) is 0 Å². The maximum atomic E-state index is 2.41. The van der Waals surface area contributed by atoms with E-state index in [1.807, 2.05) is 0 Å². The molecule has 0 spiro atoms. The van der Waals surface area contributed by atoms with Gasteiger partial charge >= 0.3 is 0 Å². The van der Waals surface area contributed by atoms with Crippen molar-refractivity contribution in [3.63, 3.8) is 0 Å². The maximum absolute atomic E-state index is 2.41. The van der Waals surface area contributed by atoms with Crippen LogP contribution >= 0.6 is 0 Å². The van der Waals surface area contributed by atoms with Crippen molar-refractivity contribution in [3.8, 4) is 33.4 Å². The van der Waals surface area contributed by atoms with E-state index in [1.165, 1.54) is 0 Å². The normalized spacial score (nSPS) is 10.9. The average Bonchev–Trinajstić information content (AvgIpc) is 0.760. The lowest BCUT2D eigenvalue weighted by Gasteiger charge is -2.34. The molecule has 16 aromatic rings. The Hall–Kier alpha value is -13.7. The first kappa shape index (κ1) is 63.1. The average molecular weight is 1310 g/mol. The van der Waals surface area contributed by atoms with Crippen molar-refractivity contribution in [3.05, 3.63) is 437 Å². The molecule has 16 rings (SSSR count). The predicted octanol–water partition coefficient (Wildman–Crippen LogP) is 27.5. The van der Waals surface area contributed by atoms with Gasteiger partial charge in [0.2, 0.25) is 0 Å². The molecule has 0 amide bonds. The van der Waals surface area contributed by atoms with Crippen LogP contribution in [0, 0.1) is 0 Å². The Bertz CT molecular complexity index is 4640. The Morgan fingerprint density at radius 1 is 0.0882 bits per heavy atom. The summed E-state index contributed by atoms with van der Waals surface area (Å²) in [7, 11) is 0. The first-order valence-corrected chi connectivity index (χ1v) is 34.6. The zero-order chi connectivity index (χ0) is 68.2. The molecule has 6 heteroatoms. The molecule has 0 aliphatic carbocycles. The molecule has 0 saturated carbocycles. The van der Waals surface area contributed by atoms with Gasteiger partial charge in [-0.1, -0.05) is 237 Å². The van der Waals surface area contributed by atoms with Gasteiger partial charge in [0.1, 0.15) is 0 Å². The van der Waals surface area contributed by atoms with Gasteiger partial charge in [0, 0.05) is 85.3 Å². The molecule has 486 valence electrons. The Labute approximate surface area is 598 Å². The Morgan fingerprint density at radius 3 is 0.353 bits per heavy atom. The van der Waals surface area contributed by atoms with Gasteiger partial charge in [0.15, 0.2) is 0 Å². The van der Waals surface area contributed by atoms with Crippen LogP contribution in [0.1, 0.15) is 0 Å². The number of para-hydroxylation sites is 6. The van der Waals surface area contributed by atoms with Crippen molar-refractivity contribution in [2.45, 2.75) is 0 Å². The van der Waals surface area contributed by atoms with Gasteiger partial charge in [-0.2, -0.15) is 0 Å². The number of hydrogen-bond donors (Lipinski definition) is 0. The van der Waals surface area contributed by atoms with Gasteiger partial charge < -0.3 is 29.4 Å². The van der Waals surface area contributed by atoms with Gasteiger partial charge in [-0.3, -0.25) is 0 Å². The first-order valence-electron chi connectivity index (χ1n) is 34.6. The standard InChI is InChI=1S/C96H72N6/c1-10-28-73(29-11-1)76-46-52-85(53-47-76)100(91-64-58-88(59-65-91)97(79-34-16-4-17-35-79)80-36-18-5-19-37-80)94-70-95(101(86-54-48-77(49-55-86)74-30-12-2-13-31-74)92-66-60-89(61-67-92)98(81-38-20-6-21-39-81)82-40-22-7-23-41-82)72-96(71-94)102(87-56-50-78(51-57-87)75-32-14-3-15-33-75)93-68-62-90(63-69-93)99(83-42-24-8-25-43-83)84-44-26-9-27-45-84/h1-72H. The number of anilines is 18. The summed E-state index contributed by atoms with van der Waals surface area (Å²) >= 11 is 0. The fraction of sp³-hybridized carbons (Fsp3) is 0. The van der Waals surface area contributed by atoms with E-state index >= 15 is 0 Å². The van der Waals surface area contributed by atoms with Crippen LogP contribution in [-0.4, -0.2) is 0 Å². The molecule has 6 nitrogen and oxygen atoms in total. The zero-order valence-corrected chi connectivity index (χ0v) is 56.3. The molecular weight excluding hydrogens is 1240 g/mol. The largest absolute Gasteiger partial charge is 0.311 e. The first-order chi connectivity index (χ1) is 50.6. The van der Waals surface area contributed by atoms with E-state index in [-0.39, 0.29) is 0 Å². The van der Waals surface area contributed by atoms with Crippen LogP contribution in [0.15, 0.2) is 437 Å². The van der Waals surface area contributed by atoms with Gasteiger partial charge in [-0.15, -0.1) is 0 Å². The van der Waals surface area contributed by atoms with Crippen molar-refractivity contribution in [1.82, 2.24) is 0 Å². The second kappa shape index (κ2) is 29.6. The minimum absolute atomic E-state index is 0.939. The van der Waals surface area contributed by atoms with Crippen molar-refractivity contribution >= 4 is 102 Å². The van der Waals surface area contributed by atoms with E-state index in [4.69, 9.17) is 0 Å². The minimum atomic E-state index is 0.939. The number of rotatable bonds is 21. The second-order valence-corrected chi connectivity index (χ2v) is 25.0. The lowest BCUT2D eigenvalue weighted by atomic mass is 10.0. The third-order valence-electron chi connectivity index (χ3n) is 18.5. The lowest BCUT2D eigenvalue weighted by Crippen LogP contribution is -2.17. The third kappa shape index (κ3) is 13.7. The summed E-state index contributed by atoms with van der Waals surface area (Å²) in [4.78, 5) is 14.2. The fourth-order valence-electron chi connectivity index (χ4n) is 13.7. The van der Waals surface area contributed by atoms with Crippen LogP contribution in [0.3, 0.4) is 0 Å². The van der Waals surface area contributed by atoms with Crippen LogP contribution in [0.4, 0.5) is 102 Å². The molecule has 0 aromatic heterocycles. The summed E-state index contributed by atoms with van der Waals surface area (Å²) in [5, 5.41) is 0. The van der Waals surface area contributed by atoms with Crippen LogP contribution in [0.2, 0.25) is 0 Å². The minimum Gasteiger partial charge on any atom is -0.311 e. The summed E-state index contributed by atoms with van der Waals surface area (Å²) < 4.78 is 0. The molecule has 0 aliphatic heterocycles. The molecule has 0 saturated heterocycles. The highest BCUT2D eigenvalue weighted by Gasteiger charge is 2.25. The second-order valence-electron chi connectivity index (χ2n) is 25.0. The van der Waals surface area contributed by atoms with Gasteiger partial charge in [-0.05, 0) is 234 Å². The summed E-state index contributed by atoms with van der Waals surface area (Å²) in [5.41, 5.74) is 25.1. The van der Waals surface area contributed by atoms with E-state index in [9.17, 15) is 0 Å². The van der Waals surface area contributed by atoms with Gasteiger partial charge in [0.25, 0.3) is 0 Å².